The first-order valence-corrected chi connectivity index (χ1v) is 6.29. The summed E-state index contributed by atoms with van der Waals surface area (Å²) in [7, 11) is 1.98. The highest BCUT2D eigenvalue weighted by Crippen LogP contribution is 2.45. The average Bonchev–Trinajstić information content (AvgIpc) is 3.12. The van der Waals surface area contributed by atoms with Gasteiger partial charge in [-0.05, 0) is 26.0 Å². The van der Waals surface area contributed by atoms with Gasteiger partial charge in [-0.2, -0.15) is 4.98 Å². The summed E-state index contributed by atoms with van der Waals surface area (Å²) in [5, 5.41) is 3.20. The third kappa shape index (κ3) is 3.89. The van der Waals surface area contributed by atoms with Gasteiger partial charge >= 0.3 is 5.88 Å². The molecule has 2 rings (SSSR count). The predicted molar refractivity (Wildman–Crippen MR) is 69.8 cm³/mol. The fourth-order valence-electron chi connectivity index (χ4n) is 1.71. The minimum atomic E-state index is 0.338. The van der Waals surface area contributed by atoms with Crippen LogP contribution in [0.2, 0.25) is 0 Å². The summed E-state index contributed by atoms with van der Waals surface area (Å²) in [5.74, 6) is 0.680. The van der Waals surface area contributed by atoms with Crippen LogP contribution in [0.5, 0.6) is 5.88 Å². The summed E-state index contributed by atoms with van der Waals surface area (Å²) >= 11 is 0. The standard InChI is InChI=1S/C11H17N3O.C2H6/c1-13-7-11(4-5-11)8-15-10-9(12)3-2-6-14-10;1-2/h2-3,6,13H,4-5,7-8,12H2,1H3;1-2H3/p+1. The van der Waals surface area contributed by atoms with Crippen LogP contribution in [0.1, 0.15) is 26.7 Å². The van der Waals surface area contributed by atoms with Gasteiger partial charge in [0, 0.05) is 18.0 Å². The van der Waals surface area contributed by atoms with Crippen LogP contribution in [0, 0.1) is 5.41 Å². The third-order valence-corrected chi connectivity index (χ3v) is 2.88. The van der Waals surface area contributed by atoms with Crippen LogP contribution in [0.3, 0.4) is 0 Å². The van der Waals surface area contributed by atoms with Gasteiger partial charge < -0.3 is 15.8 Å². The topological polar surface area (TPSA) is 61.4 Å². The molecule has 96 valence electrons. The Kier molecular flexibility index (Phi) is 5.22. The van der Waals surface area contributed by atoms with Gasteiger partial charge in [-0.1, -0.05) is 13.8 Å². The molecular weight excluding hydrogens is 214 g/mol. The van der Waals surface area contributed by atoms with Crippen molar-refractivity contribution in [3.8, 4) is 5.88 Å². The molecule has 1 saturated carbocycles. The maximum atomic E-state index is 5.77. The number of aromatic nitrogens is 1. The Morgan fingerprint density at radius 2 is 2.18 bits per heavy atom. The molecule has 1 aromatic rings. The summed E-state index contributed by atoms with van der Waals surface area (Å²) < 4.78 is 5.70. The first-order chi connectivity index (χ1) is 8.26. The summed E-state index contributed by atoms with van der Waals surface area (Å²) in [6, 6.07) is 3.70. The van der Waals surface area contributed by atoms with Gasteiger partial charge in [0.05, 0.1) is 0 Å². The van der Waals surface area contributed by atoms with E-state index in [1.165, 1.54) is 12.8 Å². The average molecular weight is 238 g/mol. The Morgan fingerprint density at radius 3 is 2.71 bits per heavy atom. The number of anilines is 1. The minimum absolute atomic E-state index is 0.338. The SMILES string of the molecule is CC.CNCC1(COc2[nH+]cccc2N)CC1. The molecule has 17 heavy (non-hydrogen) atoms. The van der Waals surface area contributed by atoms with Crippen molar-refractivity contribution in [2.45, 2.75) is 26.7 Å². The lowest BCUT2D eigenvalue weighted by molar-refractivity contribution is -0.394. The second-order valence-corrected chi connectivity index (χ2v) is 4.27. The van der Waals surface area contributed by atoms with E-state index in [0.29, 0.717) is 17.0 Å². The van der Waals surface area contributed by atoms with Crippen LogP contribution in [-0.2, 0) is 0 Å². The minimum Gasteiger partial charge on any atom is -0.442 e. The van der Waals surface area contributed by atoms with Crippen LogP contribution in [0.25, 0.3) is 0 Å². The second-order valence-electron chi connectivity index (χ2n) is 4.27. The Balaban J connectivity index is 0.000000686. The molecular formula is C13H24N3O+. The third-order valence-electron chi connectivity index (χ3n) is 2.88. The van der Waals surface area contributed by atoms with E-state index in [9.17, 15) is 0 Å². The fraction of sp³-hybridized carbons (Fsp3) is 0.615. The number of ether oxygens (including phenoxy) is 1. The summed E-state index contributed by atoms with van der Waals surface area (Å²) in [6.07, 6.45) is 4.30. The van der Waals surface area contributed by atoms with Crippen molar-refractivity contribution in [2.75, 3.05) is 25.9 Å². The fourth-order valence-corrected chi connectivity index (χ4v) is 1.71. The molecule has 4 N–H and O–H groups in total. The Labute approximate surface area is 104 Å². The molecule has 1 aromatic heterocycles. The van der Waals surface area contributed by atoms with E-state index in [4.69, 9.17) is 10.5 Å². The van der Waals surface area contributed by atoms with Gasteiger partial charge in [0.15, 0.2) is 6.20 Å². The van der Waals surface area contributed by atoms with E-state index >= 15 is 0 Å². The van der Waals surface area contributed by atoms with Crippen molar-refractivity contribution in [3.05, 3.63) is 18.3 Å². The zero-order valence-electron chi connectivity index (χ0n) is 11.0. The number of rotatable bonds is 5. The van der Waals surface area contributed by atoms with Gasteiger partial charge in [-0.15, -0.1) is 0 Å². The number of nitrogens with one attached hydrogen (secondary N) is 2. The Hall–Kier alpha value is -1.29. The van der Waals surface area contributed by atoms with E-state index in [0.717, 1.165) is 13.2 Å². The highest BCUT2D eigenvalue weighted by molar-refractivity contribution is 5.43. The van der Waals surface area contributed by atoms with Gasteiger partial charge in [0.2, 0.25) is 0 Å². The molecule has 4 nitrogen and oxygen atoms in total. The van der Waals surface area contributed by atoms with E-state index in [-0.39, 0.29) is 0 Å². The van der Waals surface area contributed by atoms with Crippen molar-refractivity contribution in [1.29, 1.82) is 0 Å². The molecule has 4 heteroatoms. The Morgan fingerprint density at radius 1 is 1.47 bits per heavy atom. The molecule has 0 amide bonds. The molecule has 0 aromatic carbocycles. The summed E-state index contributed by atoms with van der Waals surface area (Å²) in [6.45, 7) is 5.75. The summed E-state index contributed by atoms with van der Waals surface area (Å²) in [5.41, 5.74) is 6.78. The lowest BCUT2D eigenvalue weighted by atomic mass is 10.1. The number of aromatic amines is 1. The van der Waals surface area contributed by atoms with Crippen LogP contribution >= 0.6 is 0 Å². The molecule has 0 spiro atoms. The quantitative estimate of drug-likeness (QED) is 0.817. The first kappa shape index (κ1) is 13.8. The maximum absolute atomic E-state index is 5.77. The molecule has 1 fully saturated rings. The second kappa shape index (κ2) is 6.45. The van der Waals surface area contributed by atoms with Crippen molar-refractivity contribution in [2.24, 2.45) is 5.41 Å². The largest absolute Gasteiger partial charge is 0.442 e. The highest BCUT2D eigenvalue weighted by atomic mass is 16.5. The molecule has 1 heterocycles. The van der Waals surface area contributed by atoms with Gasteiger partial charge in [0.25, 0.3) is 0 Å². The number of H-pyrrole nitrogens is 1. The smallest absolute Gasteiger partial charge is 0.389 e. The van der Waals surface area contributed by atoms with Crippen molar-refractivity contribution < 1.29 is 9.72 Å². The molecule has 1 aliphatic carbocycles. The number of pyridine rings is 1. The zero-order valence-corrected chi connectivity index (χ0v) is 11.0. The highest BCUT2D eigenvalue weighted by Gasteiger charge is 2.43. The number of nitrogen functional groups attached to an aromatic ring is 1. The Bertz CT molecular complexity index is 337. The molecule has 0 atom stereocenters. The zero-order chi connectivity index (χ0) is 12.7. The van der Waals surface area contributed by atoms with Gasteiger partial charge in [0.1, 0.15) is 12.3 Å². The molecule has 0 bridgehead atoms. The first-order valence-electron chi connectivity index (χ1n) is 6.29. The normalized spacial score (nSPS) is 15.7. The molecule has 0 unspecified atom stereocenters. The van der Waals surface area contributed by atoms with Crippen molar-refractivity contribution >= 4 is 5.69 Å². The van der Waals surface area contributed by atoms with Crippen LogP contribution in [-0.4, -0.2) is 20.2 Å². The van der Waals surface area contributed by atoms with Crippen LogP contribution in [0.4, 0.5) is 5.69 Å². The number of hydrogen-bond acceptors (Lipinski definition) is 3. The number of hydrogen-bond donors (Lipinski definition) is 2. The molecule has 0 aliphatic heterocycles. The van der Waals surface area contributed by atoms with Gasteiger partial charge in [-0.25, -0.2) is 0 Å². The van der Waals surface area contributed by atoms with E-state index < -0.39 is 0 Å². The van der Waals surface area contributed by atoms with E-state index in [1.807, 2.05) is 39.2 Å². The summed E-state index contributed by atoms with van der Waals surface area (Å²) in [4.78, 5) is 3.01. The number of nitrogens with two attached hydrogens (primary N) is 1. The van der Waals surface area contributed by atoms with Gasteiger partial charge in [-0.3, -0.25) is 0 Å². The maximum Gasteiger partial charge on any atom is 0.389 e. The lowest BCUT2D eigenvalue weighted by Crippen LogP contribution is -2.27. The molecule has 1 aliphatic rings. The van der Waals surface area contributed by atoms with Crippen LogP contribution in [0.15, 0.2) is 18.3 Å². The predicted octanol–water partition coefficient (Wildman–Crippen LogP) is 1.49. The van der Waals surface area contributed by atoms with E-state index in [2.05, 4.69) is 10.3 Å². The van der Waals surface area contributed by atoms with Crippen LogP contribution < -0.4 is 20.8 Å². The molecule has 0 saturated heterocycles. The molecule has 0 radical (unpaired) electrons. The van der Waals surface area contributed by atoms with Crippen molar-refractivity contribution in [1.82, 2.24) is 5.32 Å². The van der Waals surface area contributed by atoms with Crippen molar-refractivity contribution in [3.63, 3.8) is 0 Å². The monoisotopic (exact) mass is 238 g/mol. The lowest BCUT2D eigenvalue weighted by Gasteiger charge is -2.13. The van der Waals surface area contributed by atoms with E-state index in [1.54, 1.807) is 0 Å².